The van der Waals surface area contributed by atoms with Gasteiger partial charge in [0.05, 0.1) is 24.8 Å². The van der Waals surface area contributed by atoms with Crippen molar-refractivity contribution in [3.63, 3.8) is 0 Å². The van der Waals surface area contributed by atoms with Crippen molar-refractivity contribution in [3.8, 4) is 0 Å². The van der Waals surface area contributed by atoms with Gasteiger partial charge in [0, 0.05) is 12.4 Å². The first-order chi connectivity index (χ1) is 7.65. The van der Waals surface area contributed by atoms with Gasteiger partial charge in [-0.1, -0.05) is 0 Å². The summed E-state index contributed by atoms with van der Waals surface area (Å²) in [7, 11) is 0. The van der Waals surface area contributed by atoms with Crippen LogP contribution >= 0.6 is 0 Å². The second-order valence-electron chi connectivity index (χ2n) is 3.36. The van der Waals surface area contributed by atoms with Crippen LogP contribution in [0.25, 0.3) is 0 Å². The van der Waals surface area contributed by atoms with Gasteiger partial charge in [-0.05, 0) is 6.07 Å². The lowest BCUT2D eigenvalue weighted by Crippen LogP contribution is -2.10. The molecule has 0 aliphatic carbocycles. The highest BCUT2D eigenvalue weighted by Gasteiger charge is 2.03. The molecule has 1 amide bonds. The molecule has 0 spiro atoms. The molecule has 2 rings (SSSR count). The highest BCUT2D eigenvalue weighted by Crippen LogP contribution is 1.99. The SMILES string of the molecule is NC(=O)c1cnn(CCn2ccc(N)n2)c1. The van der Waals surface area contributed by atoms with Crippen LogP contribution in [0.5, 0.6) is 0 Å². The Morgan fingerprint density at radius 1 is 1.38 bits per heavy atom. The average molecular weight is 220 g/mol. The molecular weight excluding hydrogens is 208 g/mol. The van der Waals surface area contributed by atoms with Gasteiger partial charge < -0.3 is 11.5 Å². The lowest BCUT2D eigenvalue weighted by atomic mass is 10.3. The Morgan fingerprint density at radius 3 is 2.69 bits per heavy atom. The summed E-state index contributed by atoms with van der Waals surface area (Å²) in [5.41, 5.74) is 11.0. The maximum Gasteiger partial charge on any atom is 0.251 e. The van der Waals surface area contributed by atoms with Crippen molar-refractivity contribution in [1.82, 2.24) is 19.6 Å². The van der Waals surface area contributed by atoms with Gasteiger partial charge in [0.1, 0.15) is 5.82 Å². The number of aromatic nitrogens is 4. The van der Waals surface area contributed by atoms with Crippen LogP contribution in [0.4, 0.5) is 5.82 Å². The summed E-state index contributed by atoms with van der Waals surface area (Å²) >= 11 is 0. The van der Waals surface area contributed by atoms with Crippen molar-refractivity contribution in [1.29, 1.82) is 0 Å². The molecule has 2 aromatic heterocycles. The molecule has 0 fully saturated rings. The second kappa shape index (κ2) is 4.05. The van der Waals surface area contributed by atoms with E-state index in [0.29, 0.717) is 24.5 Å². The largest absolute Gasteiger partial charge is 0.382 e. The molecule has 4 N–H and O–H groups in total. The summed E-state index contributed by atoms with van der Waals surface area (Å²) in [6.07, 6.45) is 4.84. The number of nitrogens with two attached hydrogens (primary N) is 2. The highest BCUT2D eigenvalue weighted by molar-refractivity contribution is 5.92. The number of nitrogens with zero attached hydrogens (tertiary/aromatic N) is 4. The van der Waals surface area contributed by atoms with Crippen LogP contribution in [0.2, 0.25) is 0 Å². The zero-order valence-electron chi connectivity index (χ0n) is 8.58. The van der Waals surface area contributed by atoms with Crippen molar-refractivity contribution < 1.29 is 4.79 Å². The van der Waals surface area contributed by atoms with Crippen molar-refractivity contribution in [2.45, 2.75) is 13.1 Å². The Balaban J connectivity index is 1.97. The summed E-state index contributed by atoms with van der Waals surface area (Å²) in [6.45, 7) is 1.24. The molecule has 0 bridgehead atoms. The summed E-state index contributed by atoms with van der Waals surface area (Å²) < 4.78 is 3.35. The van der Waals surface area contributed by atoms with Crippen LogP contribution in [0.1, 0.15) is 10.4 Å². The fraction of sp³-hybridized carbons (Fsp3) is 0.222. The van der Waals surface area contributed by atoms with Gasteiger partial charge in [-0.25, -0.2) is 0 Å². The first-order valence-electron chi connectivity index (χ1n) is 4.76. The fourth-order valence-electron chi connectivity index (χ4n) is 1.32. The number of aryl methyl sites for hydroxylation is 2. The van der Waals surface area contributed by atoms with Crippen molar-refractivity contribution in [2.24, 2.45) is 5.73 Å². The Bertz CT molecular complexity index is 500. The highest BCUT2D eigenvalue weighted by atomic mass is 16.1. The first-order valence-corrected chi connectivity index (χ1v) is 4.76. The minimum absolute atomic E-state index is 0.403. The molecule has 7 nitrogen and oxygen atoms in total. The molecule has 0 saturated carbocycles. The molecule has 2 heterocycles. The van der Waals surface area contributed by atoms with Crippen molar-refractivity contribution in [2.75, 3.05) is 5.73 Å². The lowest BCUT2D eigenvalue weighted by molar-refractivity contribution is 0.1000. The number of amides is 1. The number of primary amides is 1. The topological polar surface area (TPSA) is 105 Å². The van der Waals surface area contributed by atoms with Crippen LogP contribution in [-0.4, -0.2) is 25.5 Å². The van der Waals surface area contributed by atoms with E-state index in [1.165, 1.54) is 6.20 Å². The molecule has 7 heteroatoms. The maximum absolute atomic E-state index is 10.8. The lowest BCUT2D eigenvalue weighted by Gasteiger charge is -2.01. The minimum atomic E-state index is -0.477. The number of carbonyl (C=O) groups is 1. The van der Waals surface area contributed by atoms with Crippen molar-refractivity contribution in [3.05, 3.63) is 30.2 Å². The number of nitrogen functional groups attached to an aromatic ring is 1. The Hall–Kier alpha value is -2.31. The third-order valence-electron chi connectivity index (χ3n) is 2.14. The number of carbonyl (C=O) groups excluding carboxylic acids is 1. The number of rotatable bonds is 4. The van der Waals surface area contributed by atoms with Gasteiger partial charge in [-0.15, -0.1) is 0 Å². The summed E-state index contributed by atoms with van der Waals surface area (Å²) in [6, 6.07) is 1.72. The van der Waals surface area contributed by atoms with Crippen LogP contribution < -0.4 is 11.5 Å². The zero-order chi connectivity index (χ0) is 11.5. The Kier molecular flexibility index (Phi) is 2.59. The molecule has 0 unspecified atom stereocenters. The van der Waals surface area contributed by atoms with E-state index in [-0.39, 0.29) is 0 Å². The van der Waals surface area contributed by atoms with E-state index in [1.54, 1.807) is 27.8 Å². The smallest absolute Gasteiger partial charge is 0.251 e. The Morgan fingerprint density at radius 2 is 2.12 bits per heavy atom. The number of hydrogen-bond donors (Lipinski definition) is 2. The maximum atomic E-state index is 10.8. The average Bonchev–Trinajstić information content (AvgIpc) is 2.83. The van der Waals surface area contributed by atoms with Crippen LogP contribution in [0.3, 0.4) is 0 Å². The van der Waals surface area contributed by atoms with E-state index in [0.717, 1.165) is 0 Å². The zero-order valence-corrected chi connectivity index (χ0v) is 8.58. The van der Waals surface area contributed by atoms with Crippen LogP contribution in [-0.2, 0) is 13.1 Å². The van der Waals surface area contributed by atoms with E-state index in [9.17, 15) is 4.79 Å². The van der Waals surface area contributed by atoms with Gasteiger partial charge >= 0.3 is 0 Å². The molecule has 84 valence electrons. The molecule has 2 aromatic rings. The van der Waals surface area contributed by atoms with Gasteiger partial charge in [0.25, 0.3) is 5.91 Å². The molecular formula is C9H12N6O. The minimum Gasteiger partial charge on any atom is -0.382 e. The third kappa shape index (κ3) is 2.19. The Labute approximate surface area is 91.6 Å². The quantitative estimate of drug-likeness (QED) is 0.721. The first kappa shape index (κ1) is 10.2. The van der Waals surface area contributed by atoms with Gasteiger partial charge in [0.15, 0.2) is 0 Å². The van der Waals surface area contributed by atoms with Gasteiger partial charge in [0.2, 0.25) is 0 Å². The monoisotopic (exact) mass is 220 g/mol. The second-order valence-corrected chi connectivity index (χ2v) is 3.36. The molecule has 0 aliphatic heterocycles. The number of anilines is 1. The van der Waals surface area contributed by atoms with E-state index in [2.05, 4.69) is 10.2 Å². The molecule has 0 aromatic carbocycles. The third-order valence-corrected chi connectivity index (χ3v) is 2.14. The van der Waals surface area contributed by atoms with E-state index < -0.39 is 5.91 Å². The van der Waals surface area contributed by atoms with E-state index >= 15 is 0 Å². The van der Waals surface area contributed by atoms with Gasteiger partial charge in [-0.2, -0.15) is 10.2 Å². The predicted molar refractivity (Wildman–Crippen MR) is 57.4 cm³/mol. The molecule has 0 saturated heterocycles. The molecule has 16 heavy (non-hydrogen) atoms. The summed E-state index contributed by atoms with van der Waals surface area (Å²) in [5.74, 6) is 0.00729. The van der Waals surface area contributed by atoms with E-state index in [1.807, 2.05) is 0 Å². The van der Waals surface area contributed by atoms with E-state index in [4.69, 9.17) is 11.5 Å². The van der Waals surface area contributed by atoms with Crippen LogP contribution in [0.15, 0.2) is 24.7 Å². The summed E-state index contributed by atoms with van der Waals surface area (Å²) in [4.78, 5) is 10.8. The van der Waals surface area contributed by atoms with Crippen molar-refractivity contribution >= 4 is 11.7 Å². The summed E-state index contributed by atoms with van der Waals surface area (Å²) in [5, 5.41) is 8.03. The van der Waals surface area contributed by atoms with Gasteiger partial charge in [-0.3, -0.25) is 14.2 Å². The standard InChI is InChI=1S/C9H12N6O/c10-8-1-2-14(13-8)3-4-15-6-7(5-12-15)9(11)16/h1-2,5-6H,3-4H2,(H2,10,13)(H2,11,16). The van der Waals surface area contributed by atoms with Crippen LogP contribution in [0, 0.1) is 0 Å². The fourth-order valence-corrected chi connectivity index (χ4v) is 1.32. The molecule has 0 atom stereocenters. The molecule has 0 radical (unpaired) electrons. The number of hydrogen-bond acceptors (Lipinski definition) is 4. The predicted octanol–water partition coefficient (Wildman–Crippen LogP) is -0.539. The molecule has 0 aliphatic rings. The normalized spacial score (nSPS) is 10.5.